The smallest absolute Gasteiger partial charge is 0.258 e. The number of fused-ring (bicyclic) bond motifs is 1. The summed E-state index contributed by atoms with van der Waals surface area (Å²) in [5, 5.41) is 16.1. The summed E-state index contributed by atoms with van der Waals surface area (Å²) in [6.07, 6.45) is -0.757. The van der Waals surface area contributed by atoms with Gasteiger partial charge in [0.2, 0.25) is 10.0 Å². The molecular weight excluding hydrogens is 416 g/mol. The monoisotopic (exact) mass is 436 g/mol. The second kappa shape index (κ2) is 8.31. The molecule has 3 aromatic carbocycles. The molecule has 0 unspecified atom stereocenters. The zero-order chi connectivity index (χ0) is 22.0. The number of methoxy groups -OCH3 is 1. The number of hydrogen-bond donors (Lipinski definition) is 3. The zero-order valence-corrected chi connectivity index (χ0v) is 17.4. The first-order valence-corrected chi connectivity index (χ1v) is 10.9. The molecule has 1 amide bonds. The number of nitrogens with two attached hydrogens (primary N) is 1. The van der Waals surface area contributed by atoms with Gasteiger partial charge in [0.05, 0.1) is 10.4 Å². The summed E-state index contributed by atoms with van der Waals surface area (Å²) in [4.78, 5) is 12.8. The highest BCUT2D eigenvalue weighted by atomic mass is 32.2. The van der Waals surface area contributed by atoms with Gasteiger partial charge < -0.3 is 10.1 Å². The number of carbonyl (C=O) groups excluding carboxylic acids is 1. The topological polar surface area (TPSA) is 127 Å². The molecule has 0 aliphatic heterocycles. The lowest BCUT2D eigenvalue weighted by atomic mass is 10.1. The second-order valence-electron chi connectivity index (χ2n) is 6.92. The first-order valence-electron chi connectivity index (χ1n) is 9.37. The van der Waals surface area contributed by atoms with Gasteiger partial charge >= 0.3 is 0 Å². The molecule has 31 heavy (non-hydrogen) atoms. The van der Waals surface area contributed by atoms with E-state index >= 15 is 0 Å². The molecule has 0 aliphatic rings. The van der Waals surface area contributed by atoms with E-state index in [1.807, 2.05) is 30.3 Å². The van der Waals surface area contributed by atoms with E-state index in [4.69, 9.17) is 9.88 Å². The van der Waals surface area contributed by atoms with Crippen LogP contribution < -0.4 is 10.5 Å². The van der Waals surface area contributed by atoms with Gasteiger partial charge in [-0.3, -0.25) is 9.89 Å². The fraction of sp³-hybridized carbons (Fsp3) is 0.0909. The highest BCUT2D eigenvalue weighted by molar-refractivity contribution is 7.89. The number of ether oxygens (including phenoxy) is 1. The molecule has 1 aromatic heterocycles. The van der Waals surface area contributed by atoms with E-state index < -0.39 is 16.1 Å². The summed E-state index contributed by atoms with van der Waals surface area (Å²) in [6.45, 7) is 0. The zero-order valence-electron chi connectivity index (χ0n) is 16.6. The third kappa shape index (κ3) is 4.33. The van der Waals surface area contributed by atoms with Crippen LogP contribution in [-0.4, -0.2) is 31.6 Å². The average Bonchev–Trinajstić information content (AvgIpc) is 3.18. The summed E-state index contributed by atoms with van der Waals surface area (Å²) in [6, 6.07) is 20.7. The Balaban J connectivity index is 1.67. The third-order valence-electron chi connectivity index (χ3n) is 4.84. The maximum atomic E-state index is 12.8. The number of sulfonamides is 1. The second-order valence-corrected chi connectivity index (χ2v) is 8.48. The number of rotatable bonds is 6. The molecule has 8 nitrogen and oxygen atoms in total. The van der Waals surface area contributed by atoms with E-state index in [1.165, 1.54) is 19.2 Å². The SMILES string of the molecule is CO[C@H](C(=O)Nc1ccc2[nH]nc(-c3cccc(S(N)(=O)=O)c3)c2c1)c1ccccc1. The van der Waals surface area contributed by atoms with E-state index in [2.05, 4.69) is 15.5 Å². The summed E-state index contributed by atoms with van der Waals surface area (Å²) in [5.74, 6) is -0.311. The quantitative estimate of drug-likeness (QED) is 0.428. The van der Waals surface area contributed by atoms with Gasteiger partial charge in [0.25, 0.3) is 5.91 Å². The number of aromatic amines is 1. The average molecular weight is 436 g/mol. The number of primary sulfonamides is 1. The van der Waals surface area contributed by atoms with Crippen LogP contribution in [-0.2, 0) is 19.6 Å². The van der Waals surface area contributed by atoms with Crippen molar-refractivity contribution < 1.29 is 17.9 Å². The number of benzene rings is 3. The van der Waals surface area contributed by atoms with Crippen LogP contribution >= 0.6 is 0 Å². The van der Waals surface area contributed by atoms with Crippen molar-refractivity contribution in [2.45, 2.75) is 11.0 Å². The molecule has 158 valence electrons. The van der Waals surface area contributed by atoms with Crippen LogP contribution in [0, 0.1) is 0 Å². The molecular formula is C22H20N4O4S. The van der Waals surface area contributed by atoms with Crippen molar-refractivity contribution in [3.8, 4) is 11.3 Å². The number of carbonyl (C=O) groups is 1. The summed E-state index contributed by atoms with van der Waals surface area (Å²) < 4.78 is 28.8. The van der Waals surface area contributed by atoms with Gasteiger partial charge in [-0.15, -0.1) is 0 Å². The minimum Gasteiger partial charge on any atom is -0.367 e. The first-order chi connectivity index (χ1) is 14.9. The van der Waals surface area contributed by atoms with Crippen LogP contribution in [0.3, 0.4) is 0 Å². The number of nitrogens with zero attached hydrogens (tertiary/aromatic N) is 1. The van der Waals surface area contributed by atoms with Gasteiger partial charge in [-0.25, -0.2) is 13.6 Å². The van der Waals surface area contributed by atoms with Crippen molar-refractivity contribution in [1.29, 1.82) is 0 Å². The number of nitrogens with one attached hydrogen (secondary N) is 2. The van der Waals surface area contributed by atoms with Gasteiger partial charge in [-0.2, -0.15) is 5.10 Å². The molecule has 9 heteroatoms. The molecule has 0 radical (unpaired) electrons. The summed E-state index contributed by atoms with van der Waals surface area (Å²) >= 11 is 0. The maximum Gasteiger partial charge on any atom is 0.258 e. The van der Waals surface area contributed by atoms with Crippen LogP contribution in [0.25, 0.3) is 22.2 Å². The molecule has 1 atom stereocenters. The molecule has 0 bridgehead atoms. The molecule has 0 spiro atoms. The van der Waals surface area contributed by atoms with E-state index in [9.17, 15) is 13.2 Å². The Bertz CT molecular complexity index is 1350. The Morgan fingerprint density at radius 1 is 1.06 bits per heavy atom. The van der Waals surface area contributed by atoms with Crippen molar-refractivity contribution in [3.05, 3.63) is 78.4 Å². The Labute approximate surface area is 179 Å². The van der Waals surface area contributed by atoms with Crippen LogP contribution in [0.2, 0.25) is 0 Å². The number of amides is 1. The number of anilines is 1. The summed E-state index contributed by atoms with van der Waals surface area (Å²) in [7, 11) is -2.36. The number of aromatic nitrogens is 2. The van der Waals surface area contributed by atoms with Crippen molar-refractivity contribution in [2.24, 2.45) is 5.14 Å². The molecule has 4 aromatic rings. The van der Waals surface area contributed by atoms with E-state index in [1.54, 1.807) is 30.3 Å². The van der Waals surface area contributed by atoms with Crippen molar-refractivity contribution >= 4 is 32.5 Å². The molecule has 4 N–H and O–H groups in total. The molecule has 4 rings (SSSR count). The fourth-order valence-electron chi connectivity index (χ4n) is 3.36. The number of H-pyrrole nitrogens is 1. The normalized spacial score (nSPS) is 12.6. The molecule has 0 fully saturated rings. The van der Waals surface area contributed by atoms with E-state index in [0.29, 0.717) is 16.9 Å². The van der Waals surface area contributed by atoms with Crippen LogP contribution in [0.15, 0.2) is 77.7 Å². The van der Waals surface area contributed by atoms with Crippen LogP contribution in [0.5, 0.6) is 0 Å². The van der Waals surface area contributed by atoms with Gasteiger partial charge in [0, 0.05) is 23.7 Å². The Morgan fingerprint density at radius 2 is 1.84 bits per heavy atom. The van der Waals surface area contributed by atoms with Gasteiger partial charge in [-0.05, 0) is 35.9 Å². The lowest BCUT2D eigenvalue weighted by Gasteiger charge is -2.15. The highest BCUT2D eigenvalue weighted by Gasteiger charge is 2.20. The summed E-state index contributed by atoms with van der Waals surface area (Å²) in [5.41, 5.74) is 3.16. The molecule has 0 saturated heterocycles. The molecule has 1 heterocycles. The number of hydrogen-bond acceptors (Lipinski definition) is 5. The Morgan fingerprint density at radius 3 is 2.55 bits per heavy atom. The lowest BCUT2D eigenvalue weighted by Crippen LogP contribution is -2.22. The van der Waals surface area contributed by atoms with Crippen molar-refractivity contribution in [2.75, 3.05) is 12.4 Å². The maximum absolute atomic E-state index is 12.8. The minimum atomic E-state index is -3.84. The Hall–Kier alpha value is -3.53. The van der Waals surface area contributed by atoms with Crippen LogP contribution in [0.1, 0.15) is 11.7 Å². The van der Waals surface area contributed by atoms with Gasteiger partial charge in [-0.1, -0.05) is 42.5 Å². The van der Waals surface area contributed by atoms with Crippen molar-refractivity contribution in [3.63, 3.8) is 0 Å². The standard InChI is InChI=1S/C22H20N4O4S/c1-30-21(14-6-3-2-4-7-14)22(27)24-16-10-11-19-18(13-16)20(26-25-19)15-8-5-9-17(12-15)31(23,28)29/h2-13,21H,1H3,(H,24,27)(H,25,26)(H2,23,28,29)/t21-/m0/s1. The predicted molar refractivity (Wildman–Crippen MR) is 118 cm³/mol. The largest absolute Gasteiger partial charge is 0.367 e. The Kier molecular flexibility index (Phi) is 5.55. The predicted octanol–water partition coefficient (Wildman–Crippen LogP) is 3.20. The molecule has 0 saturated carbocycles. The van der Waals surface area contributed by atoms with Crippen LogP contribution in [0.4, 0.5) is 5.69 Å². The third-order valence-corrected chi connectivity index (χ3v) is 5.75. The van der Waals surface area contributed by atoms with Gasteiger partial charge in [0.15, 0.2) is 6.10 Å². The first kappa shape index (κ1) is 20.7. The highest BCUT2D eigenvalue weighted by Crippen LogP contribution is 2.30. The van der Waals surface area contributed by atoms with E-state index in [-0.39, 0.29) is 10.8 Å². The minimum absolute atomic E-state index is 0.00333. The van der Waals surface area contributed by atoms with Crippen molar-refractivity contribution in [1.82, 2.24) is 10.2 Å². The van der Waals surface area contributed by atoms with Gasteiger partial charge in [0.1, 0.15) is 5.69 Å². The fourth-order valence-corrected chi connectivity index (χ4v) is 3.92. The lowest BCUT2D eigenvalue weighted by molar-refractivity contribution is -0.126. The van der Waals surface area contributed by atoms with E-state index in [0.717, 1.165) is 16.5 Å². The molecule has 0 aliphatic carbocycles.